The lowest BCUT2D eigenvalue weighted by molar-refractivity contribution is 0.494. The van der Waals surface area contributed by atoms with Crippen LogP contribution < -0.4 is 5.32 Å². The molecule has 2 heteroatoms. The maximum Gasteiger partial charge on any atom is 0.0617 e. The molecular formula is C9H14N2. The molecule has 0 amide bonds. The van der Waals surface area contributed by atoms with Gasteiger partial charge in [-0.3, -0.25) is 4.99 Å². The highest BCUT2D eigenvalue weighted by molar-refractivity contribution is 5.79. The van der Waals surface area contributed by atoms with Crippen LogP contribution in [-0.4, -0.2) is 6.21 Å². The fraction of sp³-hybridized carbons (Fsp3) is 0.444. The molecule has 60 valence electrons. The lowest BCUT2D eigenvalue weighted by atomic mass is 9.92. The zero-order chi connectivity index (χ0) is 8.48. The largest absolute Gasteiger partial charge is 0.359 e. The Labute approximate surface area is 67.7 Å². The van der Waals surface area contributed by atoms with Gasteiger partial charge in [0.25, 0.3) is 0 Å². The highest BCUT2D eigenvalue weighted by Gasteiger charge is 2.17. The number of hydrogen-bond donors (Lipinski definition) is 1. The van der Waals surface area contributed by atoms with Gasteiger partial charge in [0.2, 0.25) is 0 Å². The summed E-state index contributed by atoms with van der Waals surface area (Å²) in [5.74, 6) is 0. The van der Waals surface area contributed by atoms with Crippen molar-refractivity contribution in [1.82, 2.24) is 5.32 Å². The van der Waals surface area contributed by atoms with E-state index in [2.05, 4.69) is 37.7 Å². The molecule has 0 fully saturated rings. The zero-order valence-electron chi connectivity index (χ0n) is 7.31. The fourth-order valence-electron chi connectivity index (χ4n) is 0.793. The Hall–Kier alpha value is -1.05. The van der Waals surface area contributed by atoms with Gasteiger partial charge in [-0.2, -0.15) is 0 Å². The van der Waals surface area contributed by atoms with Gasteiger partial charge in [0, 0.05) is 17.3 Å². The van der Waals surface area contributed by atoms with Gasteiger partial charge in [0.15, 0.2) is 0 Å². The Morgan fingerprint density at radius 3 is 2.45 bits per heavy atom. The average molecular weight is 150 g/mol. The quantitative estimate of drug-likeness (QED) is 0.561. The molecule has 11 heavy (non-hydrogen) atoms. The molecular weight excluding hydrogens is 136 g/mol. The summed E-state index contributed by atoms with van der Waals surface area (Å²) < 4.78 is 0. The molecule has 0 saturated heterocycles. The lowest BCUT2D eigenvalue weighted by Gasteiger charge is -2.21. The van der Waals surface area contributed by atoms with Crippen LogP contribution in [0.25, 0.3) is 0 Å². The second kappa shape index (κ2) is 2.53. The SMILES string of the molecule is C=C1C=NC(C(C)(C)C)=CN1. The maximum atomic E-state index is 4.26. The smallest absolute Gasteiger partial charge is 0.0617 e. The van der Waals surface area contributed by atoms with Gasteiger partial charge < -0.3 is 5.32 Å². The molecule has 1 aliphatic rings. The van der Waals surface area contributed by atoms with Gasteiger partial charge in [-0.05, 0) is 0 Å². The van der Waals surface area contributed by atoms with Crippen molar-refractivity contribution in [2.75, 3.05) is 0 Å². The van der Waals surface area contributed by atoms with E-state index in [0.717, 1.165) is 11.4 Å². The Morgan fingerprint density at radius 2 is 2.09 bits per heavy atom. The summed E-state index contributed by atoms with van der Waals surface area (Å²) in [5.41, 5.74) is 2.02. The average Bonchev–Trinajstić information content (AvgIpc) is 1.86. The van der Waals surface area contributed by atoms with Crippen molar-refractivity contribution in [2.24, 2.45) is 10.4 Å². The molecule has 2 nitrogen and oxygen atoms in total. The van der Waals surface area contributed by atoms with Crippen LogP contribution in [0.4, 0.5) is 0 Å². The summed E-state index contributed by atoms with van der Waals surface area (Å²) in [7, 11) is 0. The predicted molar refractivity (Wildman–Crippen MR) is 48.3 cm³/mol. The van der Waals surface area contributed by atoms with Crippen LogP contribution in [0.1, 0.15) is 20.8 Å². The van der Waals surface area contributed by atoms with E-state index in [0.29, 0.717) is 0 Å². The number of rotatable bonds is 0. The number of hydrogen-bond acceptors (Lipinski definition) is 2. The Kier molecular flexibility index (Phi) is 1.85. The minimum atomic E-state index is 0.115. The highest BCUT2D eigenvalue weighted by Crippen LogP contribution is 2.26. The minimum absolute atomic E-state index is 0.115. The minimum Gasteiger partial charge on any atom is -0.359 e. The van der Waals surface area contributed by atoms with Crippen LogP contribution in [0.15, 0.2) is 29.2 Å². The topological polar surface area (TPSA) is 24.4 Å². The Morgan fingerprint density at radius 1 is 1.45 bits per heavy atom. The van der Waals surface area contributed by atoms with Crippen LogP contribution in [0, 0.1) is 5.41 Å². The number of nitrogens with one attached hydrogen (secondary N) is 1. The molecule has 0 aromatic rings. The molecule has 0 aromatic heterocycles. The summed E-state index contributed by atoms with van der Waals surface area (Å²) >= 11 is 0. The van der Waals surface area contributed by atoms with Crippen molar-refractivity contribution in [3.8, 4) is 0 Å². The van der Waals surface area contributed by atoms with E-state index in [9.17, 15) is 0 Å². The van der Waals surface area contributed by atoms with E-state index < -0.39 is 0 Å². The van der Waals surface area contributed by atoms with E-state index in [1.165, 1.54) is 0 Å². The van der Waals surface area contributed by atoms with E-state index in [1.54, 1.807) is 6.21 Å². The monoisotopic (exact) mass is 150 g/mol. The summed E-state index contributed by atoms with van der Waals surface area (Å²) in [6.07, 6.45) is 3.66. The van der Waals surface area contributed by atoms with Crippen molar-refractivity contribution in [3.05, 3.63) is 24.2 Å². The summed E-state index contributed by atoms with van der Waals surface area (Å²) in [5, 5.41) is 3.03. The second-order valence-corrected chi connectivity index (χ2v) is 3.71. The first-order valence-corrected chi connectivity index (χ1v) is 3.70. The molecule has 0 aromatic carbocycles. The van der Waals surface area contributed by atoms with Gasteiger partial charge >= 0.3 is 0 Å². The molecule has 1 aliphatic heterocycles. The molecule has 0 atom stereocenters. The van der Waals surface area contributed by atoms with Crippen LogP contribution in [0.5, 0.6) is 0 Å². The van der Waals surface area contributed by atoms with Crippen molar-refractivity contribution in [3.63, 3.8) is 0 Å². The first-order chi connectivity index (χ1) is 5.00. The zero-order valence-corrected chi connectivity index (χ0v) is 7.31. The third-order valence-corrected chi connectivity index (χ3v) is 1.52. The van der Waals surface area contributed by atoms with E-state index >= 15 is 0 Å². The highest BCUT2D eigenvalue weighted by atomic mass is 14.9. The second-order valence-electron chi connectivity index (χ2n) is 3.71. The first-order valence-electron chi connectivity index (χ1n) is 3.70. The number of aliphatic imine (C=N–C) groups is 1. The van der Waals surface area contributed by atoms with Gasteiger partial charge in [-0.15, -0.1) is 0 Å². The Bertz CT molecular complexity index is 228. The van der Waals surface area contributed by atoms with Crippen molar-refractivity contribution < 1.29 is 0 Å². The summed E-state index contributed by atoms with van der Waals surface area (Å²) in [6, 6.07) is 0. The molecule has 0 radical (unpaired) electrons. The van der Waals surface area contributed by atoms with Crippen LogP contribution in [0.3, 0.4) is 0 Å². The number of allylic oxidation sites excluding steroid dienone is 2. The third kappa shape index (κ3) is 1.93. The molecule has 0 saturated carbocycles. The fourth-order valence-corrected chi connectivity index (χ4v) is 0.793. The lowest BCUT2D eigenvalue weighted by Crippen LogP contribution is -2.17. The molecule has 0 spiro atoms. The maximum absolute atomic E-state index is 4.26. The van der Waals surface area contributed by atoms with Crippen molar-refractivity contribution in [2.45, 2.75) is 20.8 Å². The van der Waals surface area contributed by atoms with Gasteiger partial charge in [0.1, 0.15) is 0 Å². The van der Waals surface area contributed by atoms with Crippen molar-refractivity contribution in [1.29, 1.82) is 0 Å². The normalized spacial score (nSPS) is 17.7. The van der Waals surface area contributed by atoms with Crippen molar-refractivity contribution >= 4 is 6.21 Å². The van der Waals surface area contributed by atoms with Gasteiger partial charge in [-0.1, -0.05) is 27.4 Å². The number of nitrogens with zero attached hydrogens (tertiary/aromatic N) is 1. The standard InChI is InChI=1S/C9H14N2/c1-7-5-11-8(6-10-7)9(2,3)4/h5-6,10H,1H2,2-4H3. The van der Waals surface area contributed by atoms with E-state index in [1.807, 2.05) is 6.20 Å². The van der Waals surface area contributed by atoms with Crippen LogP contribution >= 0.6 is 0 Å². The summed E-state index contributed by atoms with van der Waals surface area (Å²) in [6.45, 7) is 10.1. The van der Waals surface area contributed by atoms with Gasteiger partial charge in [0.05, 0.1) is 11.9 Å². The molecule has 0 unspecified atom stereocenters. The van der Waals surface area contributed by atoms with E-state index in [4.69, 9.17) is 0 Å². The third-order valence-electron chi connectivity index (χ3n) is 1.52. The van der Waals surface area contributed by atoms with Crippen LogP contribution in [-0.2, 0) is 0 Å². The predicted octanol–water partition coefficient (Wildman–Crippen LogP) is 2.06. The molecule has 0 bridgehead atoms. The van der Waals surface area contributed by atoms with E-state index in [-0.39, 0.29) is 5.41 Å². The Balaban J connectivity index is 2.79. The van der Waals surface area contributed by atoms with Gasteiger partial charge in [-0.25, -0.2) is 0 Å². The van der Waals surface area contributed by atoms with Crippen LogP contribution in [0.2, 0.25) is 0 Å². The molecule has 1 heterocycles. The molecule has 0 aliphatic carbocycles. The molecule has 1 rings (SSSR count). The summed E-state index contributed by atoms with van der Waals surface area (Å²) in [4.78, 5) is 4.26. The molecule has 1 N–H and O–H groups in total. The first kappa shape index (κ1) is 8.05.